The lowest BCUT2D eigenvalue weighted by atomic mass is 10.2. The Balaban J connectivity index is 1.48. The maximum atomic E-state index is 11.9. The minimum absolute atomic E-state index is 0.173. The Morgan fingerprint density at radius 2 is 1.96 bits per heavy atom. The minimum Gasteiger partial charge on any atom is -0.497 e. The van der Waals surface area contributed by atoms with Crippen molar-refractivity contribution < 1.29 is 19.0 Å². The van der Waals surface area contributed by atoms with Gasteiger partial charge in [0, 0.05) is 6.08 Å². The van der Waals surface area contributed by atoms with Crippen molar-refractivity contribution in [2.45, 2.75) is 6.10 Å². The Morgan fingerprint density at radius 3 is 2.71 bits per heavy atom. The molecule has 1 amide bonds. The summed E-state index contributed by atoms with van der Waals surface area (Å²) < 4.78 is 16.5. The smallest absolute Gasteiger partial charge is 0.244 e. The number of carbonyl (C=O) groups excluding carboxylic acids is 1. The summed E-state index contributed by atoms with van der Waals surface area (Å²) in [6.07, 6.45) is 3.06. The van der Waals surface area contributed by atoms with Crippen molar-refractivity contribution in [1.29, 1.82) is 0 Å². The molecular weight excluding hydrogens is 306 g/mol. The van der Waals surface area contributed by atoms with E-state index in [1.54, 1.807) is 13.2 Å². The summed E-state index contributed by atoms with van der Waals surface area (Å²) in [5.41, 5.74) is 0.928. The second-order valence-electron chi connectivity index (χ2n) is 5.35. The van der Waals surface area contributed by atoms with Gasteiger partial charge in [-0.3, -0.25) is 4.79 Å². The fourth-order valence-corrected chi connectivity index (χ4v) is 2.32. The molecule has 0 fully saturated rings. The molecule has 2 aromatic rings. The monoisotopic (exact) mass is 325 g/mol. The van der Waals surface area contributed by atoms with Crippen LogP contribution in [0.15, 0.2) is 54.6 Å². The van der Waals surface area contributed by atoms with E-state index in [9.17, 15) is 4.79 Å². The molecule has 0 saturated carbocycles. The van der Waals surface area contributed by atoms with Crippen molar-refractivity contribution in [3.63, 3.8) is 0 Å². The van der Waals surface area contributed by atoms with Crippen LogP contribution in [0.5, 0.6) is 17.2 Å². The Hall–Kier alpha value is -2.95. The van der Waals surface area contributed by atoms with Gasteiger partial charge in [-0.15, -0.1) is 0 Å². The summed E-state index contributed by atoms with van der Waals surface area (Å²) in [7, 11) is 1.62. The number of benzene rings is 2. The quantitative estimate of drug-likeness (QED) is 0.859. The Morgan fingerprint density at radius 1 is 1.21 bits per heavy atom. The van der Waals surface area contributed by atoms with Gasteiger partial charge in [0.05, 0.1) is 13.7 Å². The zero-order chi connectivity index (χ0) is 16.8. The first-order valence-corrected chi connectivity index (χ1v) is 7.73. The van der Waals surface area contributed by atoms with Crippen LogP contribution in [-0.2, 0) is 4.79 Å². The van der Waals surface area contributed by atoms with Crippen LogP contribution >= 0.6 is 0 Å². The largest absolute Gasteiger partial charge is 0.497 e. The average molecular weight is 325 g/mol. The normalized spacial score (nSPS) is 16.0. The molecule has 0 unspecified atom stereocenters. The van der Waals surface area contributed by atoms with Gasteiger partial charge in [-0.1, -0.05) is 24.3 Å². The number of rotatable bonds is 5. The number of hydrogen-bond donors (Lipinski definition) is 1. The number of amides is 1. The molecule has 0 bridgehead atoms. The highest BCUT2D eigenvalue weighted by Crippen LogP contribution is 2.30. The van der Waals surface area contributed by atoms with Crippen molar-refractivity contribution in [3.8, 4) is 17.2 Å². The van der Waals surface area contributed by atoms with Gasteiger partial charge in [-0.2, -0.15) is 0 Å². The summed E-state index contributed by atoms with van der Waals surface area (Å²) >= 11 is 0. The van der Waals surface area contributed by atoms with E-state index in [1.807, 2.05) is 48.5 Å². The summed E-state index contributed by atoms with van der Waals surface area (Å²) in [6.45, 7) is 0.805. The summed E-state index contributed by atoms with van der Waals surface area (Å²) in [5.74, 6) is 2.05. The van der Waals surface area contributed by atoms with Crippen LogP contribution in [0.1, 0.15) is 5.56 Å². The number of methoxy groups -OCH3 is 1. The van der Waals surface area contributed by atoms with E-state index in [4.69, 9.17) is 14.2 Å². The molecule has 0 spiro atoms. The van der Waals surface area contributed by atoms with E-state index < -0.39 is 0 Å². The predicted octanol–water partition coefficient (Wildman–Crippen LogP) is 2.66. The zero-order valence-electron chi connectivity index (χ0n) is 13.4. The van der Waals surface area contributed by atoms with Gasteiger partial charge < -0.3 is 19.5 Å². The van der Waals surface area contributed by atoms with E-state index in [0.29, 0.717) is 18.9 Å². The molecule has 1 aliphatic rings. The van der Waals surface area contributed by atoms with Crippen LogP contribution in [0.25, 0.3) is 6.08 Å². The average Bonchev–Trinajstić information content (AvgIpc) is 2.65. The highest BCUT2D eigenvalue weighted by Gasteiger charge is 2.20. The van der Waals surface area contributed by atoms with Gasteiger partial charge in [0.1, 0.15) is 18.5 Å². The molecule has 1 atom stereocenters. The van der Waals surface area contributed by atoms with Gasteiger partial charge in [0.2, 0.25) is 5.91 Å². The number of hydrogen-bond acceptors (Lipinski definition) is 4. The Labute approximate surface area is 140 Å². The standard InChI is InChI=1S/C19H19NO4/c1-22-15-9-6-14(7-10-15)8-11-19(21)20-12-16-13-23-17-4-2-3-5-18(17)24-16/h2-11,16H,12-13H2,1H3,(H,20,21)/b11-8+/t16-/m1/s1. The van der Waals surface area contributed by atoms with Crippen molar-refractivity contribution in [2.75, 3.05) is 20.3 Å². The molecular formula is C19H19NO4. The third-order valence-electron chi connectivity index (χ3n) is 3.61. The molecule has 1 N–H and O–H groups in total. The van der Waals surface area contributed by atoms with Crippen molar-refractivity contribution in [3.05, 3.63) is 60.2 Å². The van der Waals surface area contributed by atoms with Crippen molar-refractivity contribution in [1.82, 2.24) is 5.32 Å². The van der Waals surface area contributed by atoms with Crippen LogP contribution in [0.2, 0.25) is 0 Å². The molecule has 5 nitrogen and oxygen atoms in total. The SMILES string of the molecule is COc1ccc(/C=C/C(=O)NC[C@@H]2COc3ccccc3O2)cc1. The van der Waals surface area contributed by atoms with Crippen molar-refractivity contribution >= 4 is 12.0 Å². The van der Waals surface area contributed by atoms with Crippen LogP contribution in [0.4, 0.5) is 0 Å². The fraction of sp³-hybridized carbons (Fsp3) is 0.211. The number of carbonyl (C=O) groups is 1. The van der Waals surface area contributed by atoms with E-state index in [1.165, 1.54) is 6.08 Å². The van der Waals surface area contributed by atoms with Gasteiger partial charge in [-0.25, -0.2) is 0 Å². The molecule has 24 heavy (non-hydrogen) atoms. The highest BCUT2D eigenvalue weighted by molar-refractivity contribution is 5.91. The molecule has 0 saturated heterocycles. The Kier molecular flexibility index (Phi) is 5.01. The molecule has 0 aliphatic carbocycles. The first kappa shape index (κ1) is 15.9. The molecule has 1 aliphatic heterocycles. The number of nitrogens with one attached hydrogen (secondary N) is 1. The predicted molar refractivity (Wildman–Crippen MR) is 91.4 cm³/mol. The van der Waals surface area contributed by atoms with Crippen LogP contribution in [0.3, 0.4) is 0 Å². The van der Waals surface area contributed by atoms with Crippen molar-refractivity contribution in [2.24, 2.45) is 0 Å². The molecule has 3 rings (SSSR count). The maximum Gasteiger partial charge on any atom is 0.244 e. The second kappa shape index (κ2) is 7.55. The van der Waals surface area contributed by atoms with Crippen LogP contribution in [-0.4, -0.2) is 32.3 Å². The lowest BCUT2D eigenvalue weighted by molar-refractivity contribution is -0.116. The maximum absolute atomic E-state index is 11.9. The third kappa shape index (κ3) is 4.07. The van der Waals surface area contributed by atoms with Crippen LogP contribution in [0, 0.1) is 0 Å². The zero-order valence-corrected chi connectivity index (χ0v) is 13.4. The second-order valence-corrected chi connectivity index (χ2v) is 5.35. The molecule has 0 aromatic heterocycles. The first-order chi connectivity index (χ1) is 11.7. The number of ether oxygens (including phenoxy) is 3. The van der Waals surface area contributed by atoms with Gasteiger partial charge in [0.15, 0.2) is 11.5 Å². The first-order valence-electron chi connectivity index (χ1n) is 7.73. The number of fused-ring (bicyclic) bond motifs is 1. The third-order valence-corrected chi connectivity index (χ3v) is 3.61. The molecule has 2 aromatic carbocycles. The summed E-state index contributed by atoms with van der Waals surface area (Å²) in [6, 6.07) is 15.0. The molecule has 1 heterocycles. The Bertz CT molecular complexity index is 724. The summed E-state index contributed by atoms with van der Waals surface area (Å²) in [5, 5.41) is 2.82. The van der Waals surface area contributed by atoms with E-state index in [2.05, 4.69) is 5.32 Å². The van der Waals surface area contributed by atoms with E-state index in [0.717, 1.165) is 17.1 Å². The minimum atomic E-state index is -0.196. The fourth-order valence-electron chi connectivity index (χ4n) is 2.32. The summed E-state index contributed by atoms with van der Waals surface area (Å²) in [4.78, 5) is 11.9. The molecule has 0 radical (unpaired) electrons. The van der Waals surface area contributed by atoms with Gasteiger partial charge in [-0.05, 0) is 35.9 Å². The lowest BCUT2D eigenvalue weighted by Crippen LogP contribution is -2.40. The molecule has 5 heteroatoms. The lowest BCUT2D eigenvalue weighted by Gasteiger charge is -2.26. The van der Waals surface area contributed by atoms with E-state index in [-0.39, 0.29) is 12.0 Å². The van der Waals surface area contributed by atoms with Gasteiger partial charge in [0.25, 0.3) is 0 Å². The van der Waals surface area contributed by atoms with E-state index >= 15 is 0 Å². The topological polar surface area (TPSA) is 56.8 Å². The number of para-hydroxylation sites is 2. The molecule has 124 valence electrons. The van der Waals surface area contributed by atoms with Crippen LogP contribution < -0.4 is 19.5 Å². The van der Waals surface area contributed by atoms with Gasteiger partial charge >= 0.3 is 0 Å². The highest BCUT2D eigenvalue weighted by atomic mass is 16.6.